The van der Waals surface area contributed by atoms with Gasteiger partial charge in [0.1, 0.15) is 0 Å². The van der Waals surface area contributed by atoms with E-state index < -0.39 is 0 Å². The third-order valence-corrected chi connectivity index (χ3v) is 2.19. The number of allylic oxidation sites excluding steroid dienone is 1. The zero-order valence-electron chi connectivity index (χ0n) is 7.40. The molecule has 2 N–H and O–H groups in total. The van der Waals surface area contributed by atoms with E-state index in [1.807, 2.05) is 30.5 Å². The Hall–Kier alpha value is -1.70. The van der Waals surface area contributed by atoms with Crippen LogP contribution in [0.1, 0.15) is 5.56 Å². The molecule has 2 heteroatoms. The van der Waals surface area contributed by atoms with Gasteiger partial charge in [-0.15, -0.1) is 6.58 Å². The second-order valence-electron chi connectivity index (χ2n) is 3.07. The Bertz CT molecular complexity index is 440. The maximum atomic E-state index is 5.79. The van der Waals surface area contributed by atoms with Crippen molar-refractivity contribution in [2.24, 2.45) is 0 Å². The molecule has 13 heavy (non-hydrogen) atoms. The minimum atomic E-state index is 0.866. The Balaban J connectivity index is 2.70. The van der Waals surface area contributed by atoms with Gasteiger partial charge in [0.25, 0.3) is 0 Å². The summed E-state index contributed by atoms with van der Waals surface area (Å²) in [6, 6.07) is 8.11. The van der Waals surface area contributed by atoms with Gasteiger partial charge in [0.15, 0.2) is 0 Å². The molecule has 0 spiro atoms. The summed E-state index contributed by atoms with van der Waals surface area (Å²) in [7, 11) is 0. The average molecular weight is 172 g/mol. The molecule has 2 rings (SSSR count). The molecule has 0 saturated carbocycles. The summed E-state index contributed by atoms with van der Waals surface area (Å²) >= 11 is 0. The fraction of sp³-hybridized carbons (Fsp3) is 0.0909. The Morgan fingerprint density at radius 3 is 2.92 bits per heavy atom. The van der Waals surface area contributed by atoms with E-state index in [2.05, 4.69) is 12.6 Å². The van der Waals surface area contributed by atoms with E-state index in [0.717, 1.165) is 11.9 Å². The van der Waals surface area contributed by atoms with E-state index in [1.165, 1.54) is 10.9 Å². The van der Waals surface area contributed by atoms with Crippen LogP contribution in [0.15, 0.2) is 43.1 Å². The van der Waals surface area contributed by atoms with Gasteiger partial charge in [-0.3, -0.25) is 4.68 Å². The third-order valence-electron chi connectivity index (χ3n) is 2.19. The molecule has 66 valence electrons. The van der Waals surface area contributed by atoms with Gasteiger partial charge in [0.05, 0.1) is 5.52 Å². The number of nitrogen functional groups attached to an aromatic ring is 1. The lowest BCUT2D eigenvalue weighted by Crippen LogP contribution is -2.04. The first-order valence-electron chi connectivity index (χ1n) is 4.28. The largest absolute Gasteiger partial charge is 0.339 e. The molecule has 0 radical (unpaired) electrons. The Labute approximate surface area is 77.2 Å². The van der Waals surface area contributed by atoms with Crippen molar-refractivity contribution in [2.75, 3.05) is 5.84 Å². The standard InChI is InChI=1S/C11H12N2/c1-2-5-9-8-13(12)11-7-4-3-6-10(9)11/h2-4,6-8H,1,5,12H2. The third kappa shape index (κ3) is 1.20. The van der Waals surface area contributed by atoms with E-state index in [9.17, 15) is 0 Å². The molecule has 0 fully saturated rings. The lowest BCUT2D eigenvalue weighted by molar-refractivity contribution is 1.05. The van der Waals surface area contributed by atoms with Crippen LogP contribution in [0, 0.1) is 0 Å². The Kier molecular flexibility index (Phi) is 1.81. The fourth-order valence-electron chi connectivity index (χ4n) is 1.60. The first-order chi connectivity index (χ1) is 6.33. The first kappa shape index (κ1) is 7.92. The predicted molar refractivity (Wildman–Crippen MR) is 56.0 cm³/mol. The van der Waals surface area contributed by atoms with E-state index >= 15 is 0 Å². The van der Waals surface area contributed by atoms with Gasteiger partial charge in [-0.25, -0.2) is 0 Å². The summed E-state index contributed by atoms with van der Waals surface area (Å²) < 4.78 is 1.66. The van der Waals surface area contributed by atoms with Crippen molar-refractivity contribution in [3.63, 3.8) is 0 Å². The predicted octanol–water partition coefficient (Wildman–Crippen LogP) is 2.08. The zero-order valence-corrected chi connectivity index (χ0v) is 7.40. The SMILES string of the molecule is C=CCc1cn(N)c2ccccc12. The number of hydrogen-bond donors (Lipinski definition) is 1. The molecule has 0 saturated heterocycles. The van der Waals surface area contributed by atoms with Gasteiger partial charge in [-0.05, 0) is 18.1 Å². The molecule has 0 bridgehead atoms. The highest BCUT2D eigenvalue weighted by atomic mass is 15.3. The van der Waals surface area contributed by atoms with Gasteiger partial charge < -0.3 is 5.84 Å². The molecule has 0 amide bonds. The van der Waals surface area contributed by atoms with Crippen LogP contribution < -0.4 is 5.84 Å². The van der Waals surface area contributed by atoms with Crippen LogP contribution in [-0.2, 0) is 6.42 Å². The number of benzene rings is 1. The summed E-state index contributed by atoms with van der Waals surface area (Å²) in [5.74, 6) is 5.79. The molecule has 1 heterocycles. The number of hydrogen-bond acceptors (Lipinski definition) is 1. The first-order valence-corrected chi connectivity index (χ1v) is 4.28. The minimum absolute atomic E-state index is 0.866. The monoisotopic (exact) mass is 172 g/mol. The average Bonchev–Trinajstić information content (AvgIpc) is 2.46. The fourth-order valence-corrected chi connectivity index (χ4v) is 1.60. The summed E-state index contributed by atoms with van der Waals surface area (Å²) in [4.78, 5) is 0. The second kappa shape index (κ2) is 2.98. The molecule has 2 nitrogen and oxygen atoms in total. The molecular formula is C11H12N2. The maximum absolute atomic E-state index is 5.79. The number of para-hydroxylation sites is 1. The van der Waals surface area contributed by atoms with Crippen LogP contribution in [0.2, 0.25) is 0 Å². The molecule has 0 aliphatic heterocycles. The summed E-state index contributed by atoms with van der Waals surface area (Å²) in [5.41, 5.74) is 2.30. The zero-order chi connectivity index (χ0) is 9.26. The molecule has 1 aromatic heterocycles. The van der Waals surface area contributed by atoms with Crippen LogP contribution >= 0.6 is 0 Å². The molecule has 0 unspecified atom stereocenters. The van der Waals surface area contributed by atoms with Gasteiger partial charge in [-0.2, -0.15) is 0 Å². The van der Waals surface area contributed by atoms with E-state index in [-0.39, 0.29) is 0 Å². The highest BCUT2D eigenvalue weighted by molar-refractivity contribution is 5.84. The maximum Gasteiger partial charge on any atom is 0.0693 e. The number of aromatic nitrogens is 1. The molecule has 2 aromatic rings. The second-order valence-corrected chi connectivity index (χ2v) is 3.07. The van der Waals surface area contributed by atoms with Crippen molar-refractivity contribution in [3.8, 4) is 0 Å². The van der Waals surface area contributed by atoms with Crippen molar-refractivity contribution >= 4 is 10.9 Å². The Morgan fingerprint density at radius 2 is 2.15 bits per heavy atom. The minimum Gasteiger partial charge on any atom is -0.339 e. The Morgan fingerprint density at radius 1 is 1.38 bits per heavy atom. The van der Waals surface area contributed by atoms with E-state index in [4.69, 9.17) is 5.84 Å². The highest BCUT2D eigenvalue weighted by Gasteiger charge is 2.03. The van der Waals surface area contributed by atoms with Crippen molar-refractivity contribution in [2.45, 2.75) is 6.42 Å². The molecule has 0 aliphatic carbocycles. The molecular weight excluding hydrogens is 160 g/mol. The summed E-state index contributed by atoms with van der Waals surface area (Å²) in [5, 5.41) is 1.21. The summed E-state index contributed by atoms with van der Waals surface area (Å²) in [6.07, 6.45) is 4.71. The number of nitrogens with zero attached hydrogens (tertiary/aromatic N) is 1. The van der Waals surface area contributed by atoms with Crippen molar-refractivity contribution < 1.29 is 0 Å². The lowest BCUT2D eigenvalue weighted by atomic mass is 10.1. The quantitative estimate of drug-likeness (QED) is 0.545. The van der Waals surface area contributed by atoms with E-state index in [0.29, 0.717) is 0 Å². The van der Waals surface area contributed by atoms with Crippen LogP contribution in [0.5, 0.6) is 0 Å². The van der Waals surface area contributed by atoms with Crippen LogP contribution in [0.25, 0.3) is 10.9 Å². The smallest absolute Gasteiger partial charge is 0.0693 e. The lowest BCUT2D eigenvalue weighted by Gasteiger charge is -1.93. The molecule has 1 aromatic carbocycles. The van der Waals surface area contributed by atoms with Crippen molar-refractivity contribution in [1.29, 1.82) is 0 Å². The number of rotatable bonds is 2. The number of fused-ring (bicyclic) bond motifs is 1. The van der Waals surface area contributed by atoms with Crippen LogP contribution in [0.4, 0.5) is 0 Å². The summed E-state index contributed by atoms with van der Waals surface area (Å²) in [6.45, 7) is 3.72. The van der Waals surface area contributed by atoms with Crippen LogP contribution in [-0.4, -0.2) is 4.68 Å². The van der Waals surface area contributed by atoms with Crippen molar-refractivity contribution in [3.05, 3.63) is 48.7 Å². The van der Waals surface area contributed by atoms with Gasteiger partial charge >= 0.3 is 0 Å². The van der Waals surface area contributed by atoms with Crippen molar-refractivity contribution in [1.82, 2.24) is 4.68 Å². The van der Waals surface area contributed by atoms with E-state index in [1.54, 1.807) is 4.68 Å². The number of nitrogens with two attached hydrogens (primary N) is 1. The highest BCUT2D eigenvalue weighted by Crippen LogP contribution is 2.19. The topological polar surface area (TPSA) is 30.9 Å². The molecule has 0 atom stereocenters. The normalized spacial score (nSPS) is 10.5. The van der Waals surface area contributed by atoms with Crippen LogP contribution in [0.3, 0.4) is 0 Å². The van der Waals surface area contributed by atoms with Gasteiger partial charge in [-0.1, -0.05) is 24.3 Å². The van der Waals surface area contributed by atoms with Gasteiger partial charge in [0.2, 0.25) is 0 Å². The van der Waals surface area contributed by atoms with Gasteiger partial charge in [0, 0.05) is 11.6 Å². The molecule has 0 aliphatic rings.